The number of carbonyl (C=O) groups excluding carboxylic acids is 1. The lowest BCUT2D eigenvalue weighted by Crippen LogP contribution is -2.27. The van der Waals surface area contributed by atoms with Crippen molar-refractivity contribution in [2.75, 3.05) is 0 Å². The van der Waals surface area contributed by atoms with Crippen molar-refractivity contribution >= 4 is 23.9 Å². The fourth-order valence-electron chi connectivity index (χ4n) is 1.99. The normalized spacial score (nSPS) is 12.0. The van der Waals surface area contributed by atoms with Gasteiger partial charge in [0.2, 0.25) is 0 Å². The average Bonchev–Trinajstić information content (AvgIpc) is 2.47. The third-order valence-electron chi connectivity index (χ3n) is 3.57. The van der Waals surface area contributed by atoms with Gasteiger partial charge in [-0.05, 0) is 58.9 Å². The molecule has 0 spiro atoms. The lowest BCUT2D eigenvalue weighted by Gasteiger charge is -2.24. The molecule has 0 aliphatic carbocycles. The molecular formula is C19H23O3P. The summed E-state index contributed by atoms with van der Waals surface area (Å²) in [6.07, 6.45) is 0. The lowest BCUT2D eigenvalue weighted by molar-refractivity contribution is -0.142. The second kappa shape index (κ2) is 6.33. The summed E-state index contributed by atoms with van der Waals surface area (Å²) in [7, 11) is -3.47. The average molecular weight is 330 g/mol. The molecule has 3 nitrogen and oxygen atoms in total. The minimum atomic E-state index is -3.47. The molecule has 122 valence electrons. The van der Waals surface area contributed by atoms with E-state index in [2.05, 4.69) is 0 Å². The van der Waals surface area contributed by atoms with E-state index in [0.717, 1.165) is 11.1 Å². The van der Waals surface area contributed by atoms with Crippen molar-refractivity contribution in [2.24, 2.45) is 5.41 Å². The van der Waals surface area contributed by atoms with Crippen LogP contribution in [0.5, 0.6) is 0 Å². The quantitative estimate of drug-likeness (QED) is 0.795. The lowest BCUT2D eigenvalue weighted by atomic mass is 9.98. The number of rotatable bonds is 3. The van der Waals surface area contributed by atoms with E-state index in [1.807, 2.05) is 38.1 Å². The second-order valence-electron chi connectivity index (χ2n) is 6.85. The highest BCUT2D eigenvalue weighted by Gasteiger charge is 2.36. The summed E-state index contributed by atoms with van der Waals surface area (Å²) in [5.41, 5.74) is 1.41. The number of hydrogen-bond donors (Lipinski definition) is 0. The molecule has 0 aliphatic heterocycles. The Morgan fingerprint density at radius 3 is 1.48 bits per heavy atom. The monoisotopic (exact) mass is 330 g/mol. The number of aryl methyl sites for hydroxylation is 2. The van der Waals surface area contributed by atoms with Gasteiger partial charge in [-0.2, -0.15) is 0 Å². The van der Waals surface area contributed by atoms with Crippen molar-refractivity contribution in [1.29, 1.82) is 0 Å². The van der Waals surface area contributed by atoms with Crippen LogP contribution in [0.2, 0.25) is 0 Å². The zero-order valence-electron chi connectivity index (χ0n) is 14.3. The fourth-order valence-corrected chi connectivity index (χ4v) is 4.09. The van der Waals surface area contributed by atoms with E-state index in [-0.39, 0.29) is 0 Å². The van der Waals surface area contributed by atoms with Crippen LogP contribution in [0.25, 0.3) is 0 Å². The molecule has 0 saturated carbocycles. The Balaban J connectivity index is 2.54. The van der Waals surface area contributed by atoms with Crippen molar-refractivity contribution in [3.05, 3.63) is 59.7 Å². The predicted octanol–water partition coefficient (Wildman–Crippen LogP) is 4.12. The largest absolute Gasteiger partial charge is 0.404 e. The molecule has 0 aromatic heterocycles. The maximum absolute atomic E-state index is 13.7. The highest BCUT2D eigenvalue weighted by Crippen LogP contribution is 2.46. The first kappa shape index (κ1) is 17.5. The molecule has 0 saturated heterocycles. The number of carbonyl (C=O) groups is 1. The summed E-state index contributed by atoms with van der Waals surface area (Å²) in [6.45, 7) is 9.18. The minimum Gasteiger partial charge on any atom is -0.404 e. The van der Waals surface area contributed by atoms with Gasteiger partial charge < -0.3 is 4.52 Å². The Kier molecular flexibility index (Phi) is 4.81. The molecule has 0 bridgehead atoms. The Labute approximate surface area is 138 Å². The summed E-state index contributed by atoms with van der Waals surface area (Å²) in [6, 6.07) is 14.6. The van der Waals surface area contributed by atoms with Crippen LogP contribution in [0.4, 0.5) is 0 Å². The van der Waals surface area contributed by atoms with Crippen LogP contribution in [0.3, 0.4) is 0 Å². The van der Waals surface area contributed by atoms with Crippen LogP contribution in [0, 0.1) is 19.3 Å². The Hall–Kier alpha value is -1.86. The van der Waals surface area contributed by atoms with Crippen molar-refractivity contribution < 1.29 is 13.9 Å². The molecule has 23 heavy (non-hydrogen) atoms. The van der Waals surface area contributed by atoms with E-state index in [0.29, 0.717) is 10.6 Å². The summed E-state index contributed by atoms with van der Waals surface area (Å²) in [5.74, 6) is -0.470. The first-order chi connectivity index (χ1) is 10.6. The number of benzene rings is 2. The summed E-state index contributed by atoms with van der Waals surface area (Å²) in [4.78, 5) is 12.4. The minimum absolute atomic E-state index is 0.470. The Morgan fingerprint density at radius 2 is 1.17 bits per heavy atom. The highest BCUT2D eigenvalue weighted by molar-refractivity contribution is 7.74. The molecular weight excluding hydrogens is 307 g/mol. The van der Waals surface area contributed by atoms with Gasteiger partial charge in [-0.1, -0.05) is 35.4 Å². The highest BCUT2D eigenvalue weighted by atomic mass is 31.2. The molecule has 0 fully saturated rings. The van der Waals surface area contributed by atoms with Crippen LogP contribution >= 0.6 is 7.37 Å². The van der Waals surface area contributed by atoms with Gasteiger partial charge in [-0.15, -0.1) is 0 Å². The summed E-state index contributed by atoms with van der Waals surface area (Å²) >= 11 is 0. The standard InChI is InChI=1S/C19H23O3P/c1-14-6-10-16(11-7-14)23(21,22-18(20)19(3,4)5)17-12-8-15(2)9-13-17/h6-13H,1-5H3. The third kappa shape index (κ3) is 3.92. The van der Waals surface area contributed by atoms with Crippen molar-refractivity contribution in [3.8, 4) is 0 Å². The molecule has 2 rings (SSSR count). The van der Waals surface area contributed by atoms with E-state index in [1.54, 1.807) is 45.0 Å². The summed E-state index contributed by atoms with van der Waals surface area (Å²) < 4.78 is 19.2. The molecule has 2 aromatic rings. The van der Waals surface area contributed by atoms with E-state index in [4.69, 9.17) is 4.52 Å². The first-order valence-electron chi connectivity index (χ1n) is 7.61. The third-order valence-corrected chi connectivity index (χ3v) is 5.95. The van der Waals surface area contributed by atoms with E-state index >= 15 is 0 Å². The molecule has 2 aromatic carbocycles. The van der Waals surface area contributed by atoms with Gasteiger partial charge in [0.15, 0.2) is 0 Å². The molecule has 0 atom stereocenters. The first-order valence-corrected chi connectivity index (χ1v) is 9.24. The SMILES string of the molecule is Cc1ccc(P(=O)(OC(=O)C(C)(C)C)c2ccc(C)cc2)cc1. The molecule has 0 amide bonds. The van der Waals surface area contributed by atoms with Crippen LogP contribution in [0.15, 0.2) is 48.5 Å². The maximum atomic E-state index is 13.7. The van der Waals surface area contributed by atoms with E-state index < -0.39 is 18.8 Å². The maximum Gasteiger partial charge on any atom is 0.316 e. The van der Waals surface area contributed by atoms with Crippen molar-refractivity contribution in [1.82, 2.24) is 0 Å². The molecule has 0 aliphatic rings. The zero-order chi connectivity index (χ0) is 17.3. The zero-order valence-corrected chi connectivity index (χ0v) is 15.2. The smallest absolute Gasteiger partial charge is 0.316 e. The van der Waals surface area contributed by atoms with Gasteiger partial charge in [0.1, 0.15) is 0 Å². The van der Waals surface area contributed by atoms with Gasteiger partial charge in [0, 0.05) is 0 Å². The van der Waals surface area contributed by atoms with E-state index in [1.165, 1.54) is 0 Å². The van der Waals surface area contributed by atoms with Gasteiger partial charge in [-0.3, -0.25) is 9.36 Å². The van der Waals surface area contributed by atoms with E-state index in [9.17, 15) is 9.36 Å². The molecule has 0 unspecified atom stereocenters. The van der Waals surface area contributed by atoms with Gasteiger partial charge in [-0.25, -0.2) is 0 Å². The van der Waals surface area contributed by atoms with Crippen molar-refractivity contribution in [3.63, 3.8) is 0 Å². The topological polar surface area (TPSA) is 43.4 Å². The van der Waals surface area contributed by atoms with Crippen LogP contribution in [0.1, 0.15) is 31.9 Å². The van der Waals surface area contributed by atoms with Gasteiger partial charge in [0.25, 0.3) is 0 Å². The fraction of sp³-hybridized carbons (Fsp3) is 0.316. The Bertz CT molecular complexity index is 688. The number of hydrogen-bond acceptors (Lipinski definition) is 3. The molecule has 0 heterocycles. The van der Waals surface area contributed by atoms with Crippen LogP contribution < -0.4 is 10.6 Å². The predicted molar refractivity (Wildman–Crippen MR) is 94.8 cm³/mol. The van der Waals surface area contributed by atoms with Crippen LogP contribution in [-0.4, -0.2) is 5.97 Å². The summed E-state index contributed by atoms with van der Waals surface area (Å²) in [5, 5.41) is 1.06. The van der Waals surface area contributed by atoms with Crippen molar-refractivity contribution in [2.45, 2.75) is 34.6 Å². The molecule has 4 heteroatoms. The van der Waals surface area contributed by atoms with Crippen LogP contribution in [-0.2, 0) is 13.9 Å². The van der Waals surface area contributed by atoms with Gasteiger partial charge >= 0.3 is 13.3 Å². The Morgan fingerprint density at radius 1 is 0.826 bits per heavy atom. The van der Waals surface area contributed by atoms with Gasteiger partial charge in [0.05, 0.1) is 16.0 Å². The molecule has 0 radical (unpaired) electrons. The second-order valence-corrected chi connectivity index (χ2v) is 9.17. The molecule has 0 N–H and O–H groups in total.